The number of benzene rings is 1. The average molecular weight is 179 g/mol. The van der Waals surface area contributed by atoms with E-state index in [4.69, 9.17) is 10.5 Å². The normalized spacial score (nSPS) is 12.6. The van der Waals surface area contributed by atoms with Gasteiger partial charge >= 0.3 is 0 Å². The van der Waals surface area contributed by atoms with Crippen LogP contribution in [0.25, 0.3) is 0 Å². The van der Waals surface area contributed by atoms with E-state index in [2.05, 4.69) is 19.9 Å². The monoisotopic (exact) mass is 179 g/mol. The van der Waals surface area contributed by atoms with E-state index in [0.717, 1.165) is 5.75 Å². The van der Waals surface area contributed by atoms with Crippen LogP contribution in [0.15, 0.2) is 18.2 Å². The quantitative estimate of drug-likeness (QED) is 0.770. The van der Waals surface area contributed by atoms with E-state index in [0.29, 0.717) is 6.54 Å². The molecule has 2 nitrogen and oxygen atoms in total. The third kappa shape index (κ3) is 2.46. The van der Waals surface area contributed by atoms with Gasteiger partial charge < -0.3 is 10.5 Å². The van der Waals surface area contributed by atoms with Crippen molar-refractivity contribution in [1.82, 2.24) is 0 Å². The molecule has 1 rings (SSSR count). The van der Waals surface area contributed by atoms with Gasteiger partial charge in [0, 0.05) is 6.54 Å². The molecule has 1 atom stereocenters. The topological polar surface area (TPSA) is 35.2 Å². The van der Waals surface area contributed by atoms with Crippen LogP contribution < -0.4 is 10.5 Å². The molecule has 0 fully saturated rings. The van der Waals surface area contributed by atoms with Gasteiger partial charge in [-0.15, -0.1) is 0 Å². The molecule has 1 unspecified atom stereocenters. The van der Waals surface area contributed by atoms with E-state index in [1.165, 1.54) is 11.1 Å². The zero-order valence-corrected chi connectivity index (χ0v) is 8.50. The fourth-order valence-corrected chi connectivity index (χ4v) is 1.12. The molecule has 0 radical (unpaired) electrons. The number of rotatable bonds is 3. The highest BCUT2D eigenvalue weighted by Gasteiger charge is 2.04. The smallest absolute Gasteiger partial charge is 0.122 e. The lowest BCUT2D eigenvalue weighted by molar-refractivity contribution is 0.228. The SMILES string of the molecule is Cc1cccc(OC(C)CN)c1C. The Morgan fingerprint density at radius 1 is 1.38 bits per heavy atom. The van der Waals surface area contributed by atoms with Gasteiger partial charge in [0.2, 0.25) is 0 Å². The fourth-order valence-electron chi connectivity index (χ4n) is 1.12. The second-order valence-corrected chi connectivity index (χ2v) is 3.36. The molecular formula is C11H17NO. The lowest BCUT2D eigenvalue weighted by atomic mass is 10.1. The van der Waals surface area contributed by atoms with Crippen molar-refractivity contribution < 1.29 is 4.74 Å². The summed E-state index contributed by atoms with van der Waals surface area (Å²) in [5.74, 6) is 0.943. The summed E-state index contributed by atoms with van der Waals surface area (Å²) in [4.78, 5) is 0. The van der Waals surface area contributed by atoms with Gasteiger partial charge in [-0.3, -0.25) is 0 Å². The van der Waals surface area contributed by atoms with Crippen LogP contribution in [0.2, 0.25) is 0 Å². The summed E-state index contributed by atoms with van der Waals surface area (Å²) in [5.41, 5.74) is 7.93. The molecule has 0 saturated heterocycles. The molecule has 0 amide bonds. The number of ether oxygens (including phenoxy) is 1. The third-order valence-corrected chi connectivity index (χ3v) is 2.22. The first-order valence-corrected chi connectivity index (χ1v) is 4.58. The third-order valence-electron chi connectivity index (χ3n) is 2.22. The van der Waals surface area contributed by atoms with E-state index >= 15 is 0 Å². The first kappa shape index (κ1) is 10.1. The second-order valence-electron chi connectivity index (χ2n) is 3.36. The van der Waals surface area contributed by atoms with Crippen molar-refractivity contribution in [2.75, 3.05) is 6.54 Å². The van der Waals surface area contributed by atoms with E-state index in [1.54, 1.807) is 0 Å². The maximum absolute atomic E-state index is 5.65. The summed E-state index contributed by atoms with van der Waals surface area (Å²) in [6.07, 6.45) is 0.0838. The summed E-state index contributed by atoms with van der Waals surface area (Å²) in [6.45, 7) is 6.67. The molecule has 1 aromatic rings. The largest absolute Gasteiger partial charge is 0.489 e. The fraction of sp³-hybridized carbons (Fsp3) is 0.455. The predicted molar refractivity (Wildman–Crippen MR) is 55.1 cm³/mol. The van der Waals surface area contributed by atoms with Gasteiger partial charge in [-0.2, -0.15) is 0 Å². The minimum absolute atomic E-state index is 0.0838. The van der Waals surface area contributed by atoms with Crippen molar-refractivity contribution in [1.29, 1.82) is 0 Å². The van der Waals surface area contributed by atoms with Crippen molar-refractivity contribution in [2.45, 2.75) is 26.9 Å². The van der Waals surface area contributed by atoms with Crippen LogP contribution in [0, 0.1) is 13.8 Å². The van der Waals surface area contributed by atoms with E-state index in [9.17, 15) is 0 Å². The molecule has 0 spiro atoms. The van der Waals surface area contributed by atoms with Gasteiger partial charge in [0.1, 0.15) is 11.9 Å². The van der Waals surface area contributed by atoms with Crippen LogP contribution in [0.1, 0.15) is 18.1 Å². The molecule has 0 saturated carbocycles. The minimum atomic E-state index is 0.0838. The van der Waals surface area contributed by atoms with Crippen LogP contribution in [0.3, 0.4) is 0 Å². The van der Waals surface area contributed by atoms with E-state index in [-0.39, 0.29) is 6.10 Å². The molecular weight excluding hydrogens is 162 g/mol. The van der Waals surface area contributed by atoms with Crippen molar-refractivity contribution in [3.05, 3.63) is 29.3 Å². The molecule has 0 aliphatic carbocycles. The molecule has 0 aliphatic heterocycles. The summed E-state index contributed by atoms with van der Waals surface area (Å²) in [6, 6.07) is 6.06. The van der Waals surface area contributed by atoms with Gasteiger partial charge in [-0.05, 0) is 38.0 Å². The summed E-state index contributed by atoms with van der Waals surface area (Å²) in [5, 5.41) is 0. The van der Waals surface area contributed by atoms with Crippen molar-refractivity contribution in [3.8, 4) is 5.75 Å². The number of hydrogen-bond donors (Lipinski definition) is 1. The Morgan fingerprint density at radius 3 is 2.69 bits per heavy atom. The number of hydrogen-bond acceptors (Lipinski definition) is 2. The Balaban J connectivity index is 2.83. The maximum atomic E-state index is 5.65. The van der Waals surface area contributed by atoms with E-state index < -0.39 is 0 Å². The van der Waals surface area contributed by atoms with Crippen LogP contribution in [0.4, 0.5) is 0 Å². The Kier molecular flexibility index (Phi) is 3.32. The first-order chi connectivity index (χ1) is 6.15. The summed E-state index contributed by atoms with van der Waals surface area (Å²) in [7, 11) is 0. The standard InChI is InChI=1S/C11H17NO/c1-8-5-4-6-11(10(8)3)13-9(2)7-12/h4-6,9H,7,12H2,1-3H3. The molecule has 2 heteroatoms. The Hall–Kier alpha value is -1.02. The lowest BCUT2D eigenvalue weighted by Crippen LogP contribution is -2.23. The molecule has 1 aromatic carbocycles. The molecule has 0 bridgehead atoms. The van der Waals surface area contributed by atoms with Crippen molar-refractivity contribution in [3.63, 3.8) is 0 Å². The molecule has 0 aliphatic rings. The molecule has 2 N–H and O–H groups in total. The highest BCUT2D eigenvalue weighted by Crippen LogP contribution is 2.21. The van der Waals surface area contributed by atoms with Crippen LogP contribution >= 0.6 is 0 Å². The Labute approximate surface area is 79.7 Å². The maximum Gasteiger partial charge on any atom is 0.122 e. The van der Waals surface area contributed by atoms with Crippen LogP contribution in [-0.2, 0) is 0 Å². The Bertz CT molecular complexity index is 283. The lowest BCUT2D eigenvalue weighted by Gasteiger charge is -2.15. The number of nitrogens with two attached hydrogens (primary N) is 1. The van der Waals surface area contributed by atoms with Gasteiger partial charge in [-0.1, -0.05) is 12.1 Å². The zero-order chi connectivity index (χ0) is 9.84. The summed E-state index contributed by atoms with van der Waals surface area (Å²) >= 11 is 0. The van der Waals surface area contributed by atoms with E-state index in [1.807, 2.05) is 19.1 Å². The molecule has 72 valence electrons. The van der Waals surface area contributed by atoms with Crippen LogP contribution in [-0.4, -0.2) is 12.6 Å². The van der Waals surface area contributed by atoms with Gasteiger partial charge in [0.05, 0.1) is 0 Å². The average Bonchev–Trinajstić information content (AvgIpc) is 2.13. The van der Waals surface area contributed by atoms with Crippen molar-refractivity contribution in [2.24, 2.45) is 5.73 Å². The molecule has 0 heterocycles. The second kappa shape index (κ2) is 4.28. The van der Waals surface area contributed by atoms with Crippen LogP contribution in [0.5, 0.6) is 5.75 Å². The summed E-state index contributed by atoms with van der Waals surface area (Å²) < 4.78 is 5.65. The highest BCUT2D eigenvalue weighted by atomic mass is 16.5. The molecule has 0 aromatic heterocycles. The predicted octanol–water partition coefficient (Wildman–Crippen LogP) is 2.03. The minimum Gasteiger partial charge on any atom is -0.489 e. The van der Waals surface area contributed by atoms with Gasteiger partial charge in [0.15, 0.2) is 0 Å². The zero-order valence-electron chi connectivity index (χ0n) is 8.50. The van der Waals surface area contributed by atoms with Gasteiger partial charge in [-0.25, -0.2) is 0 Å². The number of aryl methyl sites for hydroxylation is 1. The van der Waals surface area contributed by atoms with Gasteiger partial charge in [0.25, 0.3) is 0 Å². The van der Waals surface area contributed by atoms with Crippen molar-refractivity contribution >= 4 is 0 Å². The molecule has 13 heavy (non-hydrogen) atoms. The Morgan fingerprint density at radius 2 is 2.08 bits per heavy atom. The first-order valence-electron chi connectivity index (χ1n) is 4.58. The highest BCUT2D eigenvalue weighted by molar-refractivity contribution is 5.38.